The van der Waals surface area contributed by atoms with Crippen LogP contribution in [0.3, 0.4) is 0 Å². The second-order valence-electron chi connectivity index (χ2n) is 6.20. The number of nitrogens with zero attached hydrogens (tertiary/aromatic N) is 4. The van der Waals surface area contributed by atoms with Crippen molar-refractivity contribution in [3.8, 4) is 11.3 Å². The lowest BCUT2D eigenvalue weighted by atomic mass is 10.1. The smallest absolute Gasteiger partial charge is 0.276 e. The Kier molecular flexibility index (Phi) is 4.85. The molecule has 0 atom stereocenters. The zero-order valence-corrected chi connectivity index (χ0v) is 15.0. The van der Waals surface area contributed by atoms with Crippen LogP contribution >= 0.6 is 11.6 Å². The first-order chi connectivity index (χ1) is 11.9. The van der Waals surface area contributed by atoms with Gasteiger partial charge in [0.25, 0.3) is 5.91 Å². The van der Waals surface area contributed by atoms with Crippen molar-refractivity contribution >= 4 is 23.5 Å². The van der Waals surface area contributed by atoms with Gasteiger partial charge in [-0.2, -0.15) is 10.1 Å². The minimum Gasteiger partial charge on any atom is -0.288 e. The highest BCUT2D eigenvalue weighted by atomic mass is 35.5. The molecular weight excluding hydrogens is 340 g/mol. The monoisotopic (exact) mass is 358 g/mol. The third-order valence-electron chi connectivity index (χ3n) is 3.61. The van der Waals surface area contributed by atoms with Crippen molar-refractivity contribution in [1.29, 1.82) is 0 Å². The van der Waals surface area contributed by atoms with E-state index in [0.29, 0.717) is 22.3 Å². The Bertz CT molecular complexity index is 881. The van der Waals surface area contributed by atoms with Crippen LogP contribution in [0.4, 0.5) is 5.95 Å². The molecule has 0 bridgehead atoms. The molecule has 8 heteroatoms. The van der Waals surface area contributed by atoms with Crippen LogP contribution in [0.5, 0.6) is 0 Å². The summed E-state index contributed by atoms with van der Waals surface area (Å²) in [5.74, 6) is 1.15. The Morgan fingerprint density at radius 3 is 2.72 bits per heavy atom. The number of anilines is 1. The maximum atomic E-state index is 12.5. The molecule has 25 heavy (non-hydrogen) atoms. The van der Waals surface area contributed by atoms with Gasteiger partial charge in [0.1, 0.15) is 11.5 Å². The van der Waals surface area contributed by atoms with E-state index in [4.69, 9.17) is 11.6 Å². The van der Waals surface area contributed by atoms with E-state index in [2.05, 4.69) is 39.4 Å². The minimum absolute atomic E-state index is 0.259. The van der Waals surface area contributed by atoms with Crippen molar-refractivity contribution in [3.63, 3.8) is 0 Å². The van der Waals surface area contributed by atoms with E-state index < -0.39 is 0 Å². The van der Waals surface area contributed by atoms with Gasteiger partial charge in [-0.25, -0.2) is 0 Å². The first-order valence-electron chi connectivity index (χ1n) is 7.95. The number of carbonyl (C=O) groups excluding carboxylic acids is 1. The summed E-state index contributed by atoms with van der Waals surface area (Å²) >= 11 is 5.90. The fourth-order valence-corrected chi connectivity index (χ4v) is 2.56. The van der Waals surface area contributed by atoms with Crippen LogP contribution in [-0.4, -0.2) is 30.9 Å². The van der Waals surface area contributed by atoms with Gasteiger partial charge in [-0.3, -0.25) is 19.9 Å². The summed E-state index contributed by atoms with van der Waals surface area (Å²) in [6, 6.07) is 9.02. The number of carbonyl (C=O) groups is 1. The molecule has 3 aromatic rings. The van der Waals surface area contributed by atoms with Gasteiger partial charge >= 0.3 is 0 Å². The molecule has 0 saturated carbocycles. The van der Waals surface area contributed by atoms with Crippen molar-refractivity contribution in [2.75, 3.05) is 5.32 Å². The van der Waals surface area contributed by atoms with Crippen LogP contribution in [0, 0.1) is 5.92 Å². The maximum absolute atomic E-state index is 12.5. The van der Waals surface area contributed by atoms with E-state index in [0.717, 1.165) is 17.8 Å². The van der Waals surface area contributed by atoms with Crippen LogP contribution in [0.25, 0.3) is 11.3 Å². The number of benzene rings is 1. The Hall–Kier alpha value is -2.67. The van der Waals surface area contributed by atoms with Crippen molar-refractivity contribution in [1.82, 2.24) is 25.0 Å². The van der Waals surface area contributed by atoms with Crippen LogP contribution < -0.4 is 5.32 Å². The SMILES string of the molecule is CC(C)Cc1nc(NC(=O)c2cc(-c3ccc(Cl)cc3)nn2C)n[nH]1. The molecule has 0 radical (unpaired) electrons. The van der Waals surface area contributed by atoms with Crippen LogP contribution in [0.2, 0.25) is 5.02 Å². The van der Waals surface area contributed by atoms with Gasteiger partial charge in [0, 0.05) is 24.1 Å². The van der Waals surface area contributed by atoms with E-state index in [-0.39, 0.29) is 11.9 Å². The van der Waals surface area contributed by atoms with E-state index >= 15 is 0 Å². The summed E-state index contributed by atoms with van der Waals surface area (Å²) < 4.78 is 1.53. The zero-order valence-electron chi connectivity index (χ0n) is 14.2. The lowest BCUT2D eigenvalue weighted by Gasteiger charge is -2.00. The molecule has 3 rings (SSSR count). The average Bonchev–Trinajstić information content (AvgIpc) is 3.14. The van der Waals surface area contributed by atoms with E-state index in [1.54, 1.807) is 25.2 Å². The molecule has 1 amide bonds. The second-order valence-corrected chi connectivity index (χ2v) is 6.64. The largest absolute Gasteiger partial charge is 0.288 e. The van der Waals surface area contributed by atoms with E-state index in [1.165, 1.54) is 4.68 Å². The number of aromatic amines is 1. The van der Waals surface area contributed by atoms with Crippen molar-refractivity contribution in [2.24, 2.45) is 13.0 Å². The number of H-pyrrole nitrogens is 1. The van der Waals surface area contributed by atoms with Gasteiger partial charge in [0.2, 0.25) is 5.95 Å². The highest BCUT2D eigenvalue weighted by Crippen LogP contribution is 2.21. The Morgan fingerprint density at radius 1 is 1.32 bits per heavy atom. The molecule has 2 heterocycles. The number of nitrogens with one attached hydrogen (secondary N) is 2. The topological polar surface area (TPSA) is 88.5 Å². The molecule has 7 nitrogen and oxygen atoms in total. The van der Waals surface area contributed by atoms with Crippen LogP contribution in [0.1, 0.15) is 30.2 Å². The molecule has 0 spiro atoms. The van der Waals surface area contributed by atoms with Gasteiger partial charge in [-0.1, -0.05) is 37.6 Å². The highest BCUT2D eigenvalue weighted by Gasteiger charge is 2.16. The van der Waals surface area contributed by atoms with Crippen molar-refractivity contribution < 1.29 is 4.79 Å². The number of amides is 1. The Labute approximate surface area is 150 Å². The summed E-state index contributed by atoms with van der Waals surface area (Å²) in [4.78, 5) is 16.8. The van der Waals surface area contributed by atoms with Crippen molar-refractivity contribution in [2.45, 2.75) is 20.3 Å². The number of aromatic nitrogens is 5. The molecule has 0 saturated heterocycles. The first-order valence-corrected chi connectivity index (χ1v) is 8.33. The number of aryl methyl sites for hydroxylation is 1. The molecule has 2 N–H and O–H groups in total. The summed E-state index contributed by atoms with van der Waals surface area (Å²) in [5.41, 5.74) is 2.00. The number of halogens is 1. The maximum Gasteiger partial charge on any atom is 0.276 e. The fraction of sp³-hybridized carbons (Fsp3) is 0.294. The van der Waals surface area contributed by atoms with Gasteiger partial charge < -0.3 is 0 Å². The fourth-order valence-electron chi connectivity index (χ4n) is 2.44. The normalized spacial score (nSPS) is 11.1. The second kappa shape index (κ2) is 7.06. The number of rotatable bonds is 5. The third kappa shape index (κ3) is 4.06. The Balaban J connectivity index is 1.76. The molecule has 1 aromatic carbocycles. The number of hydrogen-bond acceptors (Lipinski definition) is 4. The van der Waals surface area contributed by atoms with Crippen LogP contribution in [-0.2, 0) is 13.5 Å². The molecule has 0 unspecified atom stereocenters. The summed E-state index contributed by atoms with van der Waals surface area (Å²) in [6.45, 7) is 4.18. The van der Waals surface area contributed by atoms with Gasteiger partial charge in [0.05, 0.1) is 5.69 Å². The van der Waals surface area contributed by atoms with E-state index in [9.17, 15) is 4.79 Å². The molecule has 0 aliphatic carbocycles. The molecular formula is C17H19ClN6O. The zero-order chi connectivity index (χ0) is 18.0. The summed E-state index contributed by atoms with van der Waals surface area (Å²) in [7, 11) is 1.72. The summed E-state index contributed by atoms with van der Waals surface area (Å²) in [5, 5.41) is 14.6. The first kappa shape index (κ1) is 17.2. The quantitative estimate of drug-likeness (QED) is 0.732. The molecule has 0 aliphatic heterocycles. The lowest BCUT2D eigenvalue weighted by molar-refractivity contribution is 0.101. The molecule has 2 aromatic heterocycles. The summed E-state index contributed by atoms with van der Waals surface area (Å²) in [6.07, 6.45) is 0.773. The van der Waals surface area contributed by atoms with E-state index in [1.807, 2.05) is 12.1 Å². The minimum atomic E-state index is -0.315. The predicted octanol–water partition coefficient (Wildman–Crippen LogP) is 3.31. The van der Waals surface area contributed by atoms with Gasteiger partial charge in [0.15, 0.2) is 0 Å². The molecule has 130 valence electrons. The molecule has 0 fully saturated rings. The standard InChI is InChI=1S/C17H19ClN6O/c1-10(2)8-15-19-17(22-21-15)20-16(25)14-9-13(23-24(14)3)11-4-6-12(18)7-5-11/h4-7,9-10H,8H2,1-3H3,(H2,19,20,21,22,25). The van der Waals surface area contributed by atoms with Gasteiger partial charge in [-0.05, 0) is 24.1 Å². The molecule has 0 aliphatic rings. The average molecular weight is 359 g/mol. The Morgan fingerprint density at radius 2 is 2.04 bits per heavy atom. The highest BCUT2D eigenvalue weighted by molar-refractivity contribution is 6.30. The van der Waals surface area contributed by atoms with Crippen LogP contribution in [0.15, 0.2) is 30.3 Å². The lowest BCUT2D eigenvalue weighted by Crippen LogP contribution is -2.16. The van der Waals surface area contributed by atoms with Crippen molar-refractivity contribution in [3.05, 3.63) is 46.9 Å². The predicted molar refractivity (Wildman–Crippen MR) is 96.5 cm³/mol. The number of hydrogen-bond donors (Lipinski definition) is 2. The third-order valence-corrected chi connectivity index (χ3v) is 3.86. The van der Waals surface area contributed by atoms with Gasteiger partial charge in [-0.15, -0.1) is 5.10 Å².